The number of benzene rings is 1. The normalized spacial score (nSPS) is 10.2. The van der Waals surface area contributed by atoms with Gasteiger partial charge in [0.2, 0.25) is 0 Å². The van der Waals surface area contributed by atoms with Crippen molar-refractivity contribution >= 4 is 17.3 Å². The molecule has 0 aliphatic heterocycles. The molecule has 0 aliphatic carbocycles. The van der Waals surface area contributed by atoms with Crippen molar-refractivity contribution in [3.8, 4) is 5.69 Å². The van der Waals surface area contributed by atoms with E-state index in [0.717, 1.165) is 5.69 Å². The van der Waals surface area contributed by atoms with Gasteiger partial charge in [-0.25, -0.2) is 4.68 Å². The minimum Gasteiger partial charge on any atom is -0.397 e. The topological polar surface area (TPSA) is 99.0 Å². The Kier molecular flexibility index (Phi) is 2.70. The minimum atomic E-state index is -0.229. The van der Waals surface area contributed by atoms with Crippen LogP contribution in [0.1, 0.15) is 10.5 Å². The number of nitrogens with two attached hydrogens (primary N) is 2. The maximum atomic E-state index is 11.3. The summed E-state index contributed by atoms with van der Waals surface area (Å²) in [7, 11) is 1.56. The summed E-state index contributed by atoms with van der Waals surface area (Å²) >= 11 is 0. The molecule has 0 aliphatic rings. The smallest absolute Gasteiger partial charge is 0.271 e. The number of carbonyl (C=O) groups is 1. The molecule has 1 aromatic carbocycles. The predicted octanol–water partition coefficient (Wildman–Crippen LogP) is 0.396. The Bertz CT molecular complexity index is 561. The Morgan fingerprint density at radius 3 is 2.71 bits per heavy atom. The molecule has 0 atom stereocenters. The van der Waals surface area contributed by atoms with E-state index in [4.69, 9.17) is 11.5 Å². The van der Waals surface area contributed by atoms with E-state index in [1.165, 1.54) is 0 Å². The molecule has 0 fully saturated rings. The molecule has 0 saturated heterocycles. The van der Waals surface area contributed by atoms with Crippen molar-refractivity contribution in [2.24, 2.45) is 0 Å². The van der Waals surface area contributed by atoms with E-state index in [1.807, 2.05) is 0 Å². The standard InChI is InChI=1S/C11H13N5O/c1-14-11(17)10-4-5-16(15-10)7-2-3-8(12)9(13)6-7/h2-6H,12-13H2,1H3,(H,14,17). The van der Waals surface area contributed by atoms with Crippen molar-refractivity contribution in [1.82, 2.24) is 15.1 Å². The minimum absolute atomic E-state index is 0.229. The Labute approximate surface area is 98.2 Å². The molecule has 1 amide bonds. The van der Waals surface area contributed by atoms with Crippen LogP contribution in [0, 0.1) is 0 Å². The monoisotopic (exact) mass is 231 g/mol. The third kappa shape index (κ3) is 2.05. The van der Waals surface area contributed by atoms with Crippen molar-refractivity contribution in [2.45, 2.75) is 0 Å². The van der Waals surface area contributed by atoms with Crippen LogP contribution in [0.3, 0.4) is 0 Å². The molecule has 6 heteroatoms. The number of hydrogen-bond donors (Lipinski definition) is 3. The largest absolute Gasteiger partial charge is 0.397 e. The van der Waals surface area contributed by atoms with Crippen molar-refractivity contribution in [2.75, 3.05) is 18.5 Å². The summed E-state index contributed by atoms with van der Waals surface area (Å²) in [4.78, 5) is 11.3. The van der Waals surface area contributed by atoms with Gasteiger partial charge in [-0.15, -0.1) is 0 Å². The van der Waals surface area contributed by atoms with Gasteiger partial charge in [0.1, 0.15) is 0 Å². The summed E-state index contributed by atoms with van der Waals surface area (Å²) in [5.74, 6) is -0.229. The van der Waals surface area contributed by atoms with Gasteiger partial charge in [0.25, 0.3) is 5.91 Å². The fraction of sp³-hybridized carbons (Fsp3) is 0.0909. The van der Waals surface area contributed by atoms with Crippen molar-refractivity contribution in [1.29, 1.82) is 0 Å². The molecule has 5 N–H and O–H groups in total. The molecular formula is C11H13N5O. The number of aromatic nitrogens is 2. The van der Waals surface area contributed by atoms with Crippen LogP contribution in [0.4, 0.5) is 11.4 Å². The SMILES string of the molecule is CNC(=O)c1ccn(-c2ccc(N)c(N)c2)n1. The molecule has 0 unspecified atom stereocenters. The summed E-state index contributed by atoms with van der Waals surface area (Å²) in [6.45, 7) is 0. The van der Waals surface area contributed by atoms with Crippen LogP contribution in [0.25, 0.3) is 5.69 Å². The zero-order valence-corrected chi connectivity index (χ0v) is 9.34. The highest BCUT2D eigenvalue weighted by Gasteiger charge is 2.08. The molecule has 0 saturated carbocycles. The first kappa shape index (κ1) is 11.0. The van der Waals surface area contributed by atoms with E-state index < -0.39 is 0 Å². The summed E-state index contributed by atoms with van der Waals surface area (Å²) in [5.41, 5.74) is 13.4. The van der Waals surface area contributed by atoms with Crippen LogP contribution in [0.2, 0.25) is 0 Å². The van der Waals surface area contributed by atoms with Crippen LogP contribution >= 0.6 is 0 Å². The molecule has 2 rings (SSSR count). The zero-order valence-electron chi connectivity index (χ0n) is 9.34. The summed E-state index contributed by atoms with van der Waals surface area (Å²) in [6, 6.07) is 6.82. The molecule has 6 nitrogen and oxygen atoms in total. The third-order valence-corrected chi connectivity index (χ3v) is 2.38. The second-order valence-corrected chi connectivity index (χ2v) is 3.54. The molecule has 0 bridgehead atoms. The lowest BCUT2D eigenvalue weighted by atomic mass is 10.2. The van der Waals surface area contributed by atoms with Gasteiger partial charge in [0.05, 0.1) is 17.1 Å². The number of hydrogen-bond acceptors (Lipinski definition) is 4. The lowest BCUT2D eigenvalue weighted by Gasteiger charge is -2.04. The fourth-order valence-corrected chi connectivity index (χ4v) is 1.42. The summed E-state index contributed by atoms with van der Waals surface area (Å²) in [5, 5.41) is 6.64. The molecule has 88 valence electrons. The Morgan fingerprint density at radius 2 is 2.06 bits per heavy atom. The number of amides is 1. The maximum Gasteiger partial charge on any atom is 0.271 e. The van der Waals surface area contributed by atoms with Crippen molar-refractivity contribution < 1.29 is 4.79 Å². The van der Waals surface area contributed by atoms with E-state index in [9.17, 15) is 4.79 Å². The van der Waals surface area contributed by atoms with E-state index in [2.05, 4.69) is 10.4 Å². The molecular weight excluding hydrogens is 218 g/mol. The number of nitrogen functional groups attached to an aromatic ring is 2. The van der Waals surface area contributed by atoms with Crippen LogP contribution < -0.4 is 16.8 Å². The van der Waals surface area contributed by atoms with E-state index in [1.54, 1.807) is 42.2 Å². The molecule has 17 heavy (non-hydrogen) atoms. The Morgan fingerprint density at radius 1 is 1.29 bits per heavy atom. The third-order valence-electron chi connectivity index (χ3n) is 2.38. The number of nitrogens with zero attached hydrogens (tertiary/aromatic N) is 2. The number of carbonyl (C=O) groups excluding carboxylic acids is 1. The molecule has 1 heterocycles. The predicted molar refractivity (Wildman–Crippen MR) is 65.8 cm³/mol. The van der Waals surface area contributed by atoms with E-state index in [-0.39, 0.29) is 5.91 Å². The Hall–Kier alpha value is -2.50. The number of anilines is 2. The average Bonchev–Trinajstić information content (AvgIpc) is 2.81. The van der Waals surface area contributed by atoms with Gasteiger partial charge in [-0.2, -0.15) is 5.10 Å². The second-order valence-electron chi connectivity index (χ2n) is 3.54. The van der Waals surface area contributed by atoms with Gasteiger partial charge in [-0.3, -0.25) is 4.79 Å². The average molecular weight is 231 g/mol. The summed E-state index contributed by atoms with van der Waals surface area (Å²) in [6.07, 6.45) is 1.69. The van der Waals surface area contributed by atoms with Gasteiger partial charge < -0.3 is 16.8 Å². The van der Waals surface area contributed by atoms with Gasteiger partial charge >= 0.3 is 0 Å². The van der Waals surface area contributed by atoms with Gasteiger partial charge in [-0.05, 0) is 24.3 Å². The second kappa shape index (κ2) is 4.17. The molecule has 0 radical (unpaired) electrons. The van der Waals surface area contributed by atoms with Gasteiger partial charge in [0.15, 0.2) is 5.69 Å². The van der Waals surface area contributed by atoms with Crippen molar-refractivity contribution in [3.63, 3.8) is 0 Å². The molecule has 0 spiro atoms. The zero-order chi connectivity index (χ0) is 12.4. The summed E-state index contributed by atoms with van der Waals surface area (Å²) < 4.78 is 1.57. The lowest BCUT2D eigenvalue weighted by Crippen LogP contribution is -2.18. The lowest BCUT2D eigenvalue weighted by molar-refractivity contribution is 0.0958. The highest BCUT2D eigenvalue weighted by molar-refractivity contribution is 5.91. The van der Waals surface area contributed by atoms with Crippen LogP contribution in [-0.2, 0) is 0 Å². The number of nitrogens with one attached hydrogen (secondary N) is 1. The fourth-order valence-electron chi connectivity index (χ4n) is 1.42. The maximum absolute atomic E-state index is 11.3. The van der Waals surface area contributed by atoms with E-state index >= 15 is 0 Å². The highest BCUT2D eigenvalue weighted by Crippen LogP contribution is 2.18. The molecule has 2 aromatic rings. The molecule has 1 aromatic heterocycles. The first-order valence-electron chi connectivity index (χ1n) is 5.05. The van der Waals surface area contributed by atoms with Crippen LogP contribution in [0.5, 0.6) is 0 Å². The highest BCUT2D eigenvalue weighted by atomic mass is 16.1. The van der Waals surface area contributed by atoms with Gasteiger partial charge in [0, 0.05) is 13.2 Å². The van der Waals surface area contributed by atoms with Crippen molar-refractivity contribution in [3.05, 3.63) is 36.2 Å². The Balaban J connectivity index is 2.37. The first-order valence-corrected chi connectivity index (χ1v) is 5.05. The number of rotatable bonds is 2. The van der Waals surface area contributed by atoms with Crippen LogP contribution in [-0.4, -0.2) is 22.7 Å². The van der Waals surface area contributed by atoms with Gasteiger partial charge in [-0.1, -0.05) is 0 Å². The quantitative estimate of drug-likeness (QED) is 0.651. The van der Waals surface area contributed by atoms with E-state index in [0.29, 0.717) is 17.1 Å². The van der Waals surface area contributed by atoms with Crippen LogP contribution in [0.15, 0.2) is 30.5 Å². The first-order chi connectivity index (χ1) is 8.11.